The van der Waals surface area contributed by atoms with Crippen LogP contribution in [0.5, 0.6) is 0 Å². The number of halogens is 1. The highest BCUT2D eigenvalue weighted by molar-refractivity contribution is 6.31. The number of hydrogen-bond donors (Lipinski definition) is 1. The predicted molar refractivity (Wildman–Crippen MR) is 80.2 cm³/mol. The maximum Gasteiger partial charge on any atom is 0.138 e. The predicted octanol–water partition coefficient (Wildman–Crippen LogP) is 4.20. The summed E-state index contributed by atoms with van der Waals surface area (Å²) in [5.41, 5.74) is 3.84. The Morgan fingerprint density at radius 3 is 2.76 bits per heavy atom. The summed E-state index contributed by atoms with van der Waals surface area (Å²) in [7, 11) is 0. The summed E-state index contributed by atoms with van der Waals surface area (Å²) in [6.07, 6.45) is -0.790. The number of benzene rings is 2. The van der Waals surface area contributed by atoms with Crippen LogP contribution in [0.3, 0.4) is 0 Å². The molecular weight excluding hydrogens is 288 g/mol. The SMILES string of the molecule is OC(c1ccc2c(c1)COC2)c1cc2cc(Cl)ccc2o1. The van der Waals surface area contributed by atoms with Crippen LogP contribution in [0.4, 0.5) is 0 Å². The standard InChI is InChI=1S/C17H13ClO3/c18-14-3-4-15-12(6-14)7-16(21-15)17(19)10-1-2-11-8-20-9-13(11)5-10/h1-7,17,19H,8-9H2. The molecule has 3 nitrogen and oxygen atoms in total. The summed E-state index contributed by atoms with van der Waals surface area (Å²) in [5.74, 6) is 0.520. The Morgan fingerprint density at radius 1 is 1.00 bits per heavy atom. The van der Waals surface area contributed by atoms with E-state index in [0.717, 1.165) is 22.1 Å². The van der Waals surface area contributed by atoms with Gasteiger partial charge in [0.05, 0.1) is 13.2 Å². The number of ether oxygens (including phenoxy) is 1. The van der Waals surface area contributed by atoms with Gasteiger partial charge in [0.2, 0.25) is 0 Å². The molecule has 106 valence electrons. The van der Waals surface area contributed by atoms with Crippen LogP contribution in [-0.4, -0.2) is 5.11 Å². The van der Waals surface area contributed by atoms with Gasteiger partial charge < -0.3 is 14.3 Å². The van der Waals surface area contributed by atoms with E-state index in [0.29, 0.717) is 24.0 Å². The van der Waals surface area contributed by atoms with Gasteiger partial charge in [-0.3, -0.25) is 0 Å². The van der Waals surface area contributed by atoms with Gasteiger partial charge in [-0.05, 0) is 41.0 Å². The van der Waals surface area contributed by atoms with Crippen LogP contribution in [-0.2, 0) is 18.0 Å². The summed E-state index contributed by atoms with van der Waals surface area (Å²) in [5, 5.41) is 12.1. The molecule has 0 saturated heterocycles. The van der Waals surface area contributed by atoms with E-state index in [-0.39, 0.29) is 0 Å². The molecule has 1 N–H and O–H groups in total. The van der Waals surface area contributed by atoms with Gasteiger partial charge in [-0.25, -0.2) is 0 Å². The molecule has 0 spiro atoms. The third-order valence-corrected chi connectivity index (χ3v) is 4.06. The van der Waals surface area contributed by atoms with E-state index in [1.807, 2.05) is 36.4 Å². The van der Waals surface area contributed by atoms with Crippen LogP contribution < -0.4 is 0 Å². The Labute approximate surface area is 126 Å². The molecule has 1 aliphatic rings. The smallest absolute Gasteiger partial charge is 0.138 e. The number of furan rings is 1. The van der Waals surface area contributed by atoms with Gasteiger partial charge in [0.1, 0.15) is 17.4 Å². The highest BCUT2D eigenvalue weighted by atomic mass is 35.5. The zero-order valence-electron chi connectivity index (χ0n) is 11.2. The van der Waals surface area contributed by atoms with Crippen molar-refractivity contribution in [3.8, 4) is 0 Å². The lowest BCUT2D eigenvalue weighted by Crippen LogP contribution is -1.99. The first-order chi connectivity index (χ1) is 10.2. The highest BCUT2D eigenvalue weighted by Gasteiger charge is 2.19. The molecular formula is C17H13ClO3. The molecule has 0 aliphatic carbocycles. The van der Waals surface area contributed by atoms with Crippen molar-refractivity contribution in [2.24, 2.45) is 0 Å². The topological polar surface area (TPSA) is 42.6 Å². The van der Waals surface area contributed by atoms with Crippen LogP contribution in [0.1, 0.15) is 28.6 Å². The van der Waals surface area contributed by atoms with Gasteiger partial charge in [-0.15, -0.1) is 0 Å². The first-order valence-electron chi connectivity index (χ1n) is 6.77. The molecule has 1 atom stereocenters. The molecule has 0 fully saturated rings. The van der Waals surface area contributed by atoms with Crippen molar-refractivity contribution in [3.63, 3.8) is 0 Å². The van der Waals surface area contributed by atoms with Crippen LogP contribution in [0, 0.1) is 0 Å². The Balaban J connectivity index is 1.73. The highest BCUT2D eigenvalue weighted by Crippen LogP contribution is 2.31. The third-order valence-electron chi connectivity index (χ3n) is 3.83. The molecule has 0 amide bonds. The Kier molecular flexibility index (Phi) is 3.00. The second-order valence-electron chi connectivity index (χ2n) is 5.25. The molecule has 1 aliphatic heterocycles. The van der Waals surface area contributed by atoms with Crippen molar-refractivity contribution in [1.29, 1.82) is 0 Å². The minimum Gasteiger partial charge on any atom is -0.458 e. The number of aliphatic hydroxyl groups excluding tert-OH is 1. The molecule has 0 bridgehead atoms. The monoisotopic (exact) mass is 300 g/mol. The normalized spacial score (nSPS) is 15.3. The number of hydrogen-bond acceptors (Lipinski definition) is 3. The van der Waals surface area contributed by atoms with E-state index < -0.39 is 6.10 Å². The van der Waals surface area contributed by atoms with Gasteiger partial charge in [-0.1, -0.05) is 29.8 Å². The Hall–Kier alpha value is -1.81. The van der Waals surface area contributed by atoms with Crippen LogP contribution in [0.2, 0.25) is 5.02 Å². The minimum atomic E-state index is -0.790. The number of aliphatic hydroxyl groups is 1. The summed E-state index contributed by atoms with van der Waals surface area (Å²) in [4.78, 5) is 0. The largest absolute Gasteiger partial charge is 0.458 e. The van der Waals surface area contributed by atoms with Gasteiger partial charge in [0.25, 0.3) is 0 Å². The summed E-state index contributed by atoms with van der Waals surface area (Å²) >= 11 is 5.97. The molecule has 0 radical (unpaired) electrons. The fraction of sp³-hybridized carbons (Fsp3) is 0.176. The quantitative estimate of drug-likeness (QED) is 0.771. The van der Waals surface area contributed by atoms with Crippen molar-refractivity contribution >= 4 is 22.6 Å². The third kappa shape index (κ3) is 2.23. The number of fused-ring (bicyclic) bond motifs is 2. The maximum absolute atomic E-state index is 10.5. The molecule has 4 rings (SSSR count). The molecule has 4 heteroatoms. The van der Waals surface area contributed by atoms with Crippen LogP contribution >= 0.6 is 11.6 Å². The van der Waals surface area contributed by atoms with Gasteiger partial charge in [-0.2, -0.15) is 0 Å². The molecule has 1 unspecified atom stereocenters. The van der Waals surface area contributed by atoms with E-state index >= 15 is 0 Å². The lowest BCUT2D eigenvalue weighted by molar-refractivity contribution is 0.134. The first kappa shape index (κ1) is 12.9. The molecule has 0 saturated carbocycles. The second-order valence-corrected chi connectivity index (χ2v) is 5.69. The average molecular weight is 301 g/mol. The molecule has 21 heavy (non-hydrogen) atoms. The maximum atomic E-state index is 10.5. The summed E-state index contributed by atoms with van der Waals surface area (Å²) < 4.78 is 11.1. The summed E-state index contributed by atoms with van der Waals surface area (Å²) in [6.45, 7) is 1.25. The van der Waals surface area contributed by atoms with E-state index in [4.69, 9.17) is 20.8 Å². The van der Waals surface area contributed by atoms with E-state index in [1.54, 1.807) is 6.07 Å². The average Bonchev–Trinajstić information content (AvgIpc) is 3.11. The molecule has 2 heterocycles. The molecule has 3 aromatic rings. The van der Waals surface area contributed by atoms with Crippen molar-refractivity contribution in [1.82, 2.24) is 0 Å². The van der Waals surface area contributed by atoms with E-state index in [2.05, 4.69) is 0 Å². The van der Waals surface area contributed by atoms with Crippen molar-refractivity contribution < 1.29 is 14.3 Å². The minimum absolute atomic E-state index is 0.520. The molecule has 2 aromatic carbocycles. The molecule has 1 aromatic heterocycles. The van der Waals surface area contributed by atoms with Gasteiger partial charge in [0.15, 0.2) is 0 Å². The zero-order chi connectivity index (χ0) is 14.4. The lowest BCUT2D eigenvalue weighted by Gasteiger charge is -2.09. The fourth-order valence-corrected chi connectivity index (χ4v) is 2.88. The van der Waals surface area contributed by atoms with Gasteiger partial charge in [0, 0.05) is 10.4 Å². The van der Waals surface area contributed by atoms with E-state index in [1.165, 1.54) is 5.56 Å². The first-order valence-corrected chi connectivity index (χ1v) is 7.15. The van der Waals surface area contributed by atoms with Crippen molar-refractivity contribution in [2.45, 2.75) is 19.3 Å². The van der Waals surface area contributed by atoms with E-state index in [9.17, 15) is 5.11 Å². The Bertz CT molecular complexity index is 822. The second kappa shape index (κ2) is 4.88. The summed E-state index contributed by atoms with van der Waals surface area (Å²) in [6, 6.07) is 13.1. The zero-order valence-corrected chi connectivity index (χ0v) is 11.9. The van der Waals surface area contributed by atoms with Gasteiger partial charge >= 0.3 is 0 Å². The fourth-order valence-electron chi connectivity index (χ4n) is 2.70. The van der Waals surface area contributed by atoms with Crippen molar-refractivity contribution in [2.75, 3.05) is 0 Å². The number of rotatable bonds is 2. The lowest BCUT2D eigenvalue weighted by atomic mass is 10.0. The van der Waals surface area contributed by atoms with Crippen molar-refractivity contribution in [3.05, 3.63) is 69.9 Å². The Morgan fingerprint density at radius 2 is 1.86 bits per heavy atom. The van der Waals surface area contributed by atoms with Crippen LogP contribution in [0.25, 0.3) is 11.0 Å². The van der Waals surface area contributed by atoms with Crippen LogP contribution in [0.15, 0.2) is 46.9 Å².